The molecule has 5 nitrogen and oxygen atoms in total. The Kier molecular flexibility index (Phi) is 3.32. The fraction of sp³-hybridized carbons (Fsp3) is 0.500. The molecule has 1 fully saturated rings. The highest BCUT2D eigenvalue weighted by Gasteiger charge is 2.38. The molecule has 0 saturated heterocycles. The van der Waals surface area contributed by atoms with Gasteiger partial charge >= 0.3 is 5.69 Å². The molecule has 1 aliphatic rings. The molecule has 2 aromatic rings. The minimum absolute atomic E-state index is 0.102. The lowest BCUT2D eigenvalue weighted by Gasteiger charge is -2.10. The topological polar surface area (TPSA) is 61.1 Å². The Labute approximate surface area is 123 Å². The summed E-state index contributed by atoms with van der Waals surface area (Å²) in [6, 6.07) is -0.112. The van der Waals surface area contributed by atoms with E-state index >= 15 is 0 Å². The Morgan fingerprint density at radius 1 is 1.43 bits per heavy atom. The summed E-state index contributed by atoms with van der Waals surface area (Å²) in [5, 5.41) is 0.370. The van der Waals surface area contributed by atoms with Crippen molar-refractivity contribution in [3.63, 3.8) is 0 Å². The number of hydrogen-bond donors (Lipinski definition) is 0. The molecule has 112 valence electrons. The monoisotopic (exact) mass is 310 g/mol. The number of alkyl halides is 1. The van der Waals surface area contributed by atoms with E-state index in [0.29, 0.717) is 26.9 Å². The SMILES string of the molecule is Cc1c(C=O)sc2c1c(=O)n(C1C[C@@H]1C)c(=O)n2CCF. The molecule has 1 aliphatic carbocycles. The van der Waals surface area contributed by atoms with Crippen molar-refractivity contribution in [1.82, 2.24) is 9.13 Å². The number of thiophene rings is 1. The van der Waals surface area contributed by atoms with E-state index in [1.807, 2.05) is 6.92 Å². The van der Waals surface area contributed by atoms with E-state index < -0.39 is 12.4 Å². The fourth-order valence-corrected chi connectivity index (χ4v) is 3.86. The summed E-state index contributed by atoms with van der Waals surface area (Å²) in [5.41, 5.74) is -0.260. The van der Waals surface area contributed by atoms with Gasteiger partial charge in [-0.3, -0.25) is 18.7 Å². The number of aryl methyl sites for hydroxylation is 2. The smallest absolute Gasteiger partial charge is 0.297 e. The molecule has 0 N–H and O–H groups in total. The molecule has 0 aromatic carbocycles. The molecule has 1 saturated carbocycles. The normalized spacial score (nSPS) is 20.9. The van der Waals surface area contributed by atoms with E-state index in [2.05, 4.69) is 0 Å². The maximum atomic E-state index is 12.8. The van der Waals surface area contributed by atoms with E-state index in [1.165, 1.54) is 9.13 Å². The number of carbonyl (C=O) groups is 1. The first-order valence-corrected chi connectivity index (χ1v) is 7.62. The number of nitrogens with zero attached hydrogens (tertiary/aromatic N) is 2. The van der Waals surface area contributed by atoms with Crippen LogP contribution in [0.2, 0.25) is 0 Å². The van der Waals surface area contributed by atoms with Gasteiger partial charge in [0.2, 0.25) is 0 Å². The van der Waals surface area contributed by atoms with Crippen molar-refractivity contribution in [3.05, 3.63) is 31.3 Å². The zero-order valence-electron chi connectivity index (χ0n) is 11.8. The van der Waals surface area contributed by atoms with Gasteiger partial charge in [0, 0.05) is 6.04 Å². The molecule has 0 amide bonds. The molecule has 21 heavy (non-hydrogen) atoms. The summed E-state index contributed by atoms with van der Waals surface area (Å²) in [6.07, 6.45) is 1.45. The highest BCUT2D eigenvalue weighted by molar-refractivity contribution is 7.20. The lowest BCUT2D eigenvalue weighted by molar-refractivity contribution is 0.112. The first-order valence-electron chi connectivity index (χ1n) is 6.80. The van der Waals surface area contributed by atoms with Gasteiger partial charge < -0.3 is 0 Å². The van der Waals surface area contributed by atoms with Gasteiger partial charge in [0.25, 0.3) is 5.56 Å². The number of hydrogen-bond acceptors (Lipinski definition) is 4. The van der Waals surface area contributed by atoms with Crippen molar-refractivity contribution < 1.29 is 9.18 Å². The molecule has 0 bridgehead atoms. The van der Waals surface area contributed by atoms with Crippen LogP contribution in [-0.2, 0) is 6.54 Å². The summed E-state index contributed by atoms with van der Waals surface area (Å²) in [6.45, 7) is 2.86. The van der Waals surface area contributed by atoms with E-state index in [4.69, 9.17) is 0 Å². The summed E-state index contributed by atoms with van der Waals surface area (Å²) in [7, 11) is 0. The number of halogens is 1. The van der Waals surface area contributed by atoms with Crippen molar-refractivity contribution in [2.75, 3.05) is 6.67 Å². The van der Waals surface area contributed by atoms with Gasteiger partial charge in [0.1, 0.15) is 11.5 Å². The van der Waals surface area contributed by atoms with Crippen molar-refractivity contribution in [2.24, 2.45) is 5.92 Å². The van der Waals surface area contributed by atoms with E-state index in [0.717, 1.165) is 17.8 Å². The second-order valence-corrected chi connectivity index (χ2v) is 6.50. The highest BCUT2D eigenvalue weighted by Crippen LogP contribution is 2.41. The van der Waals surface area contributed by atoms with E-state index in [9.17, 15) is 18.8 Å². The number of rotatable bonds is 4. The Bertz CT molecular complexity index is 848. The zero-order chi connectivity index (χ0) is 15.3. The predicted molar refractivity (Wildman–Crippen MR) is 79.3 cm³/mol. The van der Waals surface area contributed by atoms with E-state index in [-0.39, 0.29) is 24.1 Å². The lowest BCUT2D eigenvalue weighted by atomic mass is 10.2. The largest absolute Gasteiger partial charge is 0.332 e. The third-order valence-corrected chi connectivity index (χ3v) is 5.33. The molecule has 7 heteroatoms. The summed E-state index contributed by atoms with van der Waals surface area (Å²) in [5.74, 6) is 0.274. The lowest BCUT2D eigenvalue weighted by Crippen LogP contribution is -2.40. The van der Waals surface area contributed by atoms with Crippen molar-refractivity contribution in [3.8, 4) is 0 Å². The highest BCUT2D eigenvalue weighted by atomic mass is 32.1. The zero-order valence-corrected chi connectivity index (χ0v) is 12.6. The van der Waals surface area contributed by atoms with Gasteiger partial charge in [-0.05, 0) is 24.8 Å². The predicted octanol–water partition coefficient (Wildman–Crippen LogP) is 1.90. The van der Waals surface area contributed by atoms with Gasteiger partial charge in [0.15, 0.2) is 6.29 Å². The quantitative estimate of drug-likeness (QED) is 0.810. The minimum atomic E-state index is -0.694. The van der Waals surface area contributed by atoms with Crippen LogP contribution in [0, 0.1) is 12.8 Å². The summed E-state index contributed by atoms with van der Waals surface area (Å²) < 4.78 is 15.3. The molecular weight excluding hydrogens is 295 g/mol. The van der Waals surface area contributed by atoms with Gasteiger partial charge in [-0.25, -0.2) is 9.18 Å². The first kappa shape index (κ1) is 14.2. The van der Waals surface area contributed by atoms with Crippen LogP contribution in [0.25, 0.3) is 10.2 Å². The number of carbonyl (C=O) groups excluding carboxylic acids is 1. The van der Waals surface area contributed by atoms with Gasteiger partial charge in [-0.15, -0.1) is 11.3 Å². The van der Waals surface area contributed by atoms with Crippen LogP contribution >= 0.6 is 11.3 Å². The summed E-state index contributed by atoms with van der Waals surface area (Å²) >= 11 is 1.08. The maximum absolute atomic E-state index is 12.8. The fourth-order valence-electron chi connectivity index (χ4n) is 2.73. The van der Waals surface area contributed by atoms with E-state index in [1.54, 1.807) is 6.92 Å². The van der Waals surface area contributed by atoms with Crippen LogP contribution in [-0.4, -0.2) is 22.1 Å². The molecule has 0 aliphatic heterocycles. The van der Waals surface area contributed by atoms with Gasteiger partial charge in [-0.1, -0.05) is 6.92 Å². The van der Waals surface area contributed by atoms with Crippen LogP contribution in [0.5, 0.6) is 0 Å². The molecular formula is C14H15FN2O3S. The average molecular weight is 310 g/mol. The van der Waals surface area contributed by atoms with Crippen molar-refractivity contribution >= 4 is 27.8 Å². The summed E-state index contributed by atoms with van der Waals surface area (Å²) in [4.78, 5) is 37.0. The Morgan fingerprint density at radius 2 is 2.10 bits per heavy atom. The van der Waals surface area contributed by atoms with Crippen LogP contribution in [0.4, 0.5) is 4.39 Å². The van der Waals surface area contributed by atoms with Gasteiger partial charge in [-0.2, -0.15) is 0 Å². The molecule has 3 rings (SSSR count). The number of aromatic nitrogens is 2. The molecule has 2 atom stereocenters. The Morgan fingerprint density at radius 3 is 2.62 bits per heavy atom. The van der Waals surface area contributed by atoms with Gasteiger partial charge in [0.05, 0.1) is 16.8 Å². The van der Waals surface area contributed by atoms with Crippen LogP contribution in [0.1, 0.15) is 34.6 Å². The Hall–Kier alpha value is -1.76. The van der Waals surface area contributed by atoms with Crippen LogP contribution in [0.3, 0.4) is 0 Å². The first-order chi connectivity index (χ1) is 10.0. The van der Waals surface area contributed by atoms with Crippen molar-refractivity contribution in [2.45, 2.75) is 32.9 Å². The maximum Gasteiger partial charge on any atom is 0.332 e. The molecule has 0 spiro atoms. The molecule has 2 aromatic heterocycles. The molecule has 2 heterocycles. The molecule has 0 radical (unpaired) electrons. The third kappa shape index (κ3) is 1.98. The second-order valence-electron chi connectivity index (χ2n) is 5.47. The molecule has 1 unspecified atom stereocenters. The number of aldehydes is 1. The third-order valence-electron chi connectivity index (χ3n) is 4.09. The van der Waals surface area contributed by atoms with Crippen LogP contribution < -0.4 is 11.2 Å². The van der Waals surface area contributed by atoms with Crippen molar-refractivity contribution in [1.29, 1.82) is 0 Å². The second kappa shape index (κ2) is 4.91. The number of fused-ring (bicyclic) bond motifs is 1. The Balaban J connectivity index is 2.44. The standard InChI is InChI=1S/C14H15FN2O3S/c1-7-5-9(7)17-12(19)11-8(2)10(6-18)21-13(11)16(4-3-15)14(17)20/h6-7,9H,3-5H2,1-2H3/t7-,9?/m0/s1. The van der Waals surface area contributed by atoms with Crippen LogP contribution in [0.15, 0.2) is 9.59 Å². The average Bonchev–Trinajstić information content (AvgIpc) is 3.05. The minimum Gasteiger partial charge on any atom is -0.297 e.